The van der Waals surface area contributed by atoms with E-state index in [0.717, 1.165) is 5.56 Å². The van der Waals surface area contributed by atoms with Crippen LogP contribution in [0.4, 0.5) is 18.9 Å². The second-order valence-corrected chi connectivity index (χ2v) is 8.43. The zero-order chi connectivity index (χ0) is 24.6. The third-order valence-corrected chi connectivity index (χ3v) is 6.30. The van der Waals surface area contributed by atoms with Crippen molar-refractivity contribution in [3.63, 3.8) is 0 Å². The first-order chi connectivity index (χ1) is 16.1. The Morgan fingerprint density at radius 3 is 2.50 bits per heavy atom. The molecule has 2 atom stereocenters. The first kappa shape index (κ1) is 23.6. The normalized spacial score (nSPS) is 18.0. The number of nitrogens with zero attached hydrogens (tertiary/aromatic N) is 5. The molecule has 0 saturated carbocycles. The Hall–Kier alpha value is -3.58. The fourth-order valence-corrected chi connectivity index (χ4v) is 4.45. The van der Waals surface area contributed by atoms with Crippen LogP contribution in [-0.4, -0.2) is 46.5 Å². The summed E-state index contributed by atoms with van der Waals surface area (Å²) in [5.74, 6) is -0.247. The van der Waals surface area contributed by atoms with Crippen molar-refractivity contribution in [2.45, 2.75) is 32.3 Å². The maximum absolute atomic E-state index is 12.6. The summed E-state index contributed by atoms with van der Waals surface area (Å²) in [5.41, 5.74) is 2.97. The lowest BCUT2D eigenvalue weighted by atomic mass is 10.0. The van der Waals surface area contributed by atoms with Crippen molar-refractivity contribution in [1.82, 2.24) is 14.5 Å². The predicted molar refractivity (Wildman–Crippen MR) is 122 cm³/mol. The molecule has 0 bridgehead atoms. The van der Waals surface area contributed by atoms with E-state index in [1.54, 1.807) is 37.4 Å². The Morgan fingerprint density at radius 1 is 1.18 bits per heavy atom. The minimum Gasteiger partial charge on any atom is -0.406 e. The Balaban J connectivity index is 1.55. The summed E-state index contributed by atoms with van der Waals surface area (Å²) in [6.45, 7) is 6.05. The minimum atomic E-state index is -4.72. The molecule has 7 nitrogen and oxygen atoms in total. The highest BCUT2D eigenvalue weighted by Gasteiger charge is 2.32. The van der Waals surface area contributed by atoms with Gasteiger partial charge in [-0.05, 0) is 43.7 Å². The molecule has 0 aliphatic carbocycles. The van der Waals surface area contributed by atoms with Crippen molar-refractivity contribution in [3.8, 4) is 11.8 Å². The number of benzene rings is 1. The van der Waals surface area contributed by atoms with Gasteiger partial charge in [0.2, 0.25) is 0 Å². The maximum atomic E-state index is 12.6. The van der Waals surface area contributed by atoms with Crippen LogP contribution in [0.2, 0.25) is 0 Å². The lowest BCUT2D eigenvalue weighted by molar-refractivity contribution is -0.274. The van der Waals surface area contributed by atoms with Crippen LogP contribution in [0, 0.1) is 11.3 Å². The van der Waals surface area contributed by atoms with E-state index in [9.17, 15) is 23.2 Å². The van der Waals surface area contributed by atoms with Crippen molar-refractivity contribution in [2.24, 2.45) is 7.05 Å². The summed E-state index contributed by atoms with van der Waals surface area (Å²) >= 11 is 0. The highest BCUT2D eigenvalue weighted by molar-refractivity contribution is 5.88. The molecule has 1 saturated heterocycles. The maximum Gasteiger partial charge on any atom is 0.573 e. The lowest BCUT2D eigenvalue weighted by Gasteiger charge is -2.43. The zero-order valence-electron chi connectivity index (χ0n) is 19.0. The second-order valence-electron chi connectivity index (χ2n) is 8.43. The van der Waals surface area contributed by atoms with Gasteiger partial charge in [-0.25, -0.2) is 4.98 Å². The SMILES string of the molecule is CC(c1ccc(OC(F)(F)F)cc1)N1CCN(c2cc(=O)n(C)c3ccc(C#N)nc23)[C@@H](C)C1. The second kappa shape index (κ2) is 8.99. The first-order valence-corrected chi connectivity index (χ1v) is 10.8. The van der Waals surface area contributed by atoms with E-state index >= 15 is 0 Å². The van der Waals surface area contributed by atoms with Crippen LogP contribution in [0.1, 0.15) is 31.1 Å². The smallest absolute Gasteiger partial charge is 0.406 e. The minimum absolute atomic E-state index is 0.0201. The summed E-state index contributed by atoms with van der Waals surface area (Å²) in [6, 6.07) is 12.9. The number of aryl methyl sites for hydroxylation is 1. The fraction of sp³-hybridized carbons (Fsp3) is 0.375. The van der Waals surface area contributed by atoms with Gasteiger partial charge in [-0.2, -0.15) is 5.26 Å². The van der Waals surface area contributed by atoms with Crippen LogP contribution in [0.3, 0.4) is 0 Å². The van der Waals surface area contributed by atoms with Gasteiger partial charge < -0.3 is 14.2 Å². The number of pyridine rings is 2. The van der Waals surface area contributed by atoms with E-state index in [1.807, 2.05) is 6.92 Å². The van der Waals surface area contributed by atoms with Crippen LogP contribution in [-0.2, 0) is 7.05 Å². The molecule has 1 aliphatic heterocycles. The van der Waals surface area contributed by atoms with E-state index in [-0.39, 0.29) is 29.1 Å². The van der Waals surface area contributed by atoms with Gasteiger partial charge in [0.15, 0.2) is 0 Å². The van der Waals surface area contributed by atoms with Gasteiger partial charge in [0.05, 0.1) is 11.2 Å². The number of ether oxygens (including phenoxy) is 1. The molecule has 2 aromatic heterocycles. The van der Waals surface area contributed by atoms with E-state index in [1.165, 1.54) is 16.7 Å². The summed E-state index contributed by atoms with van der Waals surface area (Å²) in [6.07, 6.45) is -4.72. The third kappa shape index (κ3) is 4.70. The number of rotatable bonds is 4. The number of hydrogen-bond donors (Lipinski definition) is 0. The number of piperazine rings is 1. The molecule has 1 aromatic carbocycles. The van der Waals surface area contributed by atoms with Crippen LogP contribution >= 0.6 is 0 Å². The first-order valence-electron chi connectivity index (χ1n) is 10.8. The van der Waals surface area contributed by atoms with Crippen molar-refractivity contribution in [2.75, 3.05) is 24.5 Å². The average Bonchev–Trinajstić information content (AvgIpc) is 2.80. The Labute approximate surface area is 194 Å². The number of fused-ring (bicyclic) bond motifs is 1. The molecule has 3 heterocycles. The molecule has 1 aliphatic rings. The number of halogens is 3. The molecular weight excluding hydrogens is 447 g/mol. The molecule has 10 heteroatoms. The van der Waals surface area contributed by atoms with E-state index in [2.05, 4.69) is 32.5 Å². The molecule has 1 unspecified atom stereocenters. The Morgan fingerprint density at radius 2 is 1.88 bits per heavy atom. The zero-order valence-corrected chi connectivity index (χ0v) is 19.0. The van der Waals surface area contributed by atoms with Gasteiger partial charge in [-0.1, -0.05) is 12.1 Å². The topological polar surface area (TPSA) is 74.4 Å². The van der Waals surface area contributed by atoms with Gasteiger partial charge in [-0.3, -0.25) is 9.69 Å². The molecule has 1 fully saturated rings. The quantitative estimate of drug-likeness (QED) is 0.573. The molecular formula is C24H24F3N5O2. The van der Waals surface area contributed by atoms with Crippen molar-refractivity contribution in [3.05, 3.63) is 64.1 Å². The average molecular weight is 471 g/mol. The van der Waals surface area contributed by atoms with Crippen molar-refractivity contribution in [1.29, 1.82) is 5.26 Å². The van der Waals surface area contributed by atoms with Gasteiger partial charge >= 0.3 is 6.36 Å². The van der Waals surface area contributed by atoms with Gasteiger partial charge in [-0.15, -0.1) is 13.2 Å². The summed E-state index contributed by atoms with van der Waals surface area (Å²) in [7, 11) is 1.68. The van der Waals surface area contributed by atoms with Crippen LogP contribution in [0.5, 0.6) is 5.75 Å². The molecule has 3 aromatic rings. The molecule has 4 rings (SSSR count). The fourth-order valence-electron chi connectivity index (χ4n) is 4.45. The summed E-state index contributed by atoms with van der Waals surface area (Å²) in [5, 5.41) is 9.29. The number of hydrogen-bond acceptors (Lipinski definition) is 6. The Kier molecular flexibility index (Phi) is 6.23. The lowest BCUT2D eigenvalue weighted by Crippen LogP contribution is -2.52. The molecule has 178 valence electrons. The standard InChI is InChI=1S/C24H24F3N5O2/c1-15-14-31(16(2)17-4-7-19(8-5-17)34-24(25,26)27)10-11-32(15)21-12-22(33)30(3)20-9-6-18(13-28)29-23(20)21/h4-9,12,15-16H,10-11,14H2,1-3H3/t15-,16?/m0/s1. The number of alkyl halides is 3. The molecule has 0 spiro atoms. The molecule has 0 radical (unpaired) electrons. The number of aromatic nitrogens is 2. The summed E-state index contributed by atoms with van der Waals surface area (Å²) in [4.78, 5) is 21.4. The summed E-state index contributed by atoms with van der Waals surface area (Å²) < 4.78 is 42.7. The molecule has 34 heavy (non-hydrogen) atoms. The highest BCUT2D eigenvalue weighted by atomic mass is 19.4. The van der Waals surface area contributed by atoms with Crippen LogP contribution in [0.25, 0.3) is 11.0 Å². The largest absolute Gasteiger partial charge is 0.573 e. The third-order valence-electron chi connectivity index (χ3n) is 6.30. The highest BCUT2D eigenvalue weighted by Crippen LogP contribution is 2.31. The number of anilines is 1. The van der Waals surface area contributed by atoms with E-state index < -0.39 is 6.36 Å². The van der Waals surface area contributed by atoms with E-state index in [4.69, 9.17) is 0 Å². The monoisotopic (exact) mass is 471 g/mol. The van der Waals surface area contributed by atoms with Gasteiger partial charge in [0.25, 0.3) is 5.56 Å². The van der Waals surface area contributed by atoms with Crippen LogP contribution in [0.15, 0.2) is 47.3 Å². The van der Waals surface area contributed by atoms with Crippen LogP contribution < -0.4 is 15.2 Å². The Bertz CT molecular complexity index is 1300. The van der Waals surface area contributed by atoms with E-state index in [0.29, 0.717) is 36.4 Å². The van der Waals surface area contributed by atoms with Crippen molar-refractivity contribution < 1.29 is 17.9 Å². The van der Waals surface area contributed by atoms with Gasteiger partial charge in [0.1, 0.15) is 23.0 Å². The van der Waals surface area contributed by atoms with Crippen molar-refractivity contribution >= 4 is 16.7 Å². The van der Waals surface area contributed by atoms with Gasteiger partial charge in [0, 0.05) is 44.8 Å². The molecule has 0 amide bonds. The predicted octanol–water partition coefficient (Wildman–Crippen LogP) is 3.98. The molecule has 0 N–H and O–H groups in total. The number of nitriles is 1.